The van der Waals surface area contributed by atoms with E-state index in [9.17, 15) is 22.4 Å². The highest BCUT2D eigenvalue weighted by atomic mass is 79.9. The van der Waals surface area contributed by atoms with Crippen molar-refractivity contribution in [2.75, 3.05) is 5.32 Å². The number of aromatic nitrogens is 2. The number of fused-ring (bicyclic) bond motifs is 1. The van der Waals surface area contributed by atoms with Crippen molar-refractivity contribution >= 4 is 33.2 Å². The van der Waals surface area contributed by atoms with Crippen molar-refractivity contribution in [3.63, 3.8) is 0 Å². The Morgan fingerprint density at radius 3 is 2.59 bits per heavy atom. The van der Waals surface area contributed by atoms with E-state index < -0.39 is 29.5 Å². The second kappa shape index (κ2) is 8.38. The Bertz CT molecular complexity index is 957. The summed E-state index contributed by atoms with van der Waals surface area (Å²) < 4.78 is 56.4. The first-order valence-corrected chi connectivity index (χ1v) is 8.51. The number of nitrogens with one attached hydrogen (secondary N) is 1. The number of rotatable bonds is 3. The van der Waals surface area contributed by atoms with Gasteiger partial charge in [-0.1, -0.05) is 29.8 Å². The molecule has 5 nitrogen and oxygen atoms in total. The lowest BCUT2D eigenvalue weighted by molar-refractivity contribution is -0.274. The normalized spacial score (nSPS) is 10.9. The summed E-state index contributed by atoms with van der Waals surface area (Å²) in [5.41, 5.74) is 0.108. The molecule has 0 aliphatic heterocycles. The number of ether oxygens (including phenoxy) is 1. The van der Waals surface area contributed by atoms with Crippen molar-refractivity contribution in [2.24, 2.45) is 0 Å². The Balaban J connectivity index is 0.00000126. The van der Waals surface area contributed by atoms with Crippen molar-refractivity contribution in [1.82, 2.24) is 9.38 Å². The number of pyridine rings is 1. The van der Waals surface area contributed by atoms with Gasteiger partial charge in [0.25, 0.3) is 5.91 Å². The number of benzene rings is 1. The van der Waals surface area contributed by atoms with E-state index in [1.807, 2.05) is 13.8 Å². The highest BCUT2D eigenvalue weighted by Crippen LogP contribution is 2.27. The third-order valence-electron chi connectivity index (χ3n) is 3.13. The number of amides is 1. The SMILES string of the molecule is CC.O=C(Nc1cc(OC(F)(F)F)ccc1F)c1cnc2cc(Br)ccn12. The minimum Gasteiger partial charge on any atom is -0.406 e. The van der Waals surface area contributed by atoms with Gasteiger partial charge in [0.1, 0.15) is 22.9 Å². The molecule has 0 bridgehead atoms. The van der Waals surface area contributed by atoms with Gasteiger partial charge in [-0.2, -0.15) is 0 Å². The van der Waals surface area contributed by atoms with E-state index in [1.165, 1.54) is 10.6 Å². The Morgan fingerprint density at radius 2 is 1.93 bits per heavy atom. The second-order valence-electron chi connectivity index (χ2n) is 4.86. The van der Waals surface area contributed by atoms with Crippen LogP contribution in [0.5, 0.6) is 5.75 Å². The van der Waals surface area contributed by atoms with E-state index in [2.05, 4.69) is 31.0 Å². The molecule has 144 valence electrons. The number of imidazole rings is 1. The number of alkyl halides is 3. The number of nitrogens with zero attached hydrogens (tertiary/aromatic N) is 2. The summed E-state index contributed by atoms with van der Waals surface area (Å²) in [5, 5.41) is 2.21. The lowest BCUT2D eigenvalue weighted by Gasteiger charge is -2.11. The Kier molecular flexibility index (Phi) is 6.42. The standard InChI is InChI=1S/C15H8BrF4N3O2.C2H6/c16-8-3-4-23-12(7-21-13(23)5-8)14(24)22-11-6-9(1-2-10(11)17)25-15(18,19)20;1-2/h1-7H,(H,22,24);1-2H3. The van der Waals surface area contributed by atoms with Gasteiger partial charge < -0.3 is 10.1 Å². The Morgan fingerprint density at radius 1 is 1.22 bits per heavy atom. The highest BCUT2D eigenvalue weighted by Gasteiger charge is 2.31. The van der Waals surface area contributed by atoms with Gasteiger partial charge in [0, 0.05) is 16.7 Å². The molecule has 1 N–H and O–H groups in total. The summed E-state index contributed by atoms with van der Waals surface area (Å²) in [6.07, 6.45) is -2.08. The molecule has 1 aromatic carbocycles. The molecule has 10 heteroatoms. The fourth-order valence-electron chi connectivity index (χ4n) is 2.11. The third kappa shape index (κ3) is 5.19. The molecule has 1 amide bonds. The first-order valence-electron chi connectivity index (χ1n) is 7.72. The van der Waals surface area contributed by atoms with Gasteiger partial charge in [0.05, 0.1) is 11.9 Å². The number of hydrogen-bond donors (Lipinski definition) is 1. The molecule has 0 fully saturated rings. The van der Waals surface area contributed by atoms with E-state index in [-0.39, 0.29) is 5.69 Å². The van der Waals surface area contributed by atoms with Crippen molar-refractivity contribution in [3.05, 3.63) is 58.7 Å². The molecule has 0 aliphatic rings. The first-order chi connectivity index (χ1) is 12.7. The van der Waals surface area contributed by atoms with Crippen LogP contribution in [0.1, 0.15) is 24.3 Å². The summed E-state index contributed by atoms with van der Waals surface area (Å²) in [5.74, 6) is -2.29. The van der Waals surface area contributed by atoms with Crippen molar-refractivity contribution in [1.29, 1.82) is 0 Å². The van der Waals surface area contributed by atoms with Crippen molar-refractivity contribution in [2.45, 2.75) is 20.2 Å². The minimum atomic E-state index is -4.92. The third-order valence-corrected chi connectivity index (χ3v) is 3.62. The summed E-state index contributed by atoms with van der Waals surface area (Å²) in [4.78, 5) is 16.3. The molecule has 0 saturated carbocycles. The van der Waals surface area contributed by atoms with Gasteiger partial charge in [0.2, 0.25) is 0 Å². The second-order valence-corrected chi connectivity index (χ2v) is 5.78. The van der Waals surface area contributed by atoms with Crippen molar-refractivity contribution in [3.8, 4) is 5.75 Å². The fourth-order valence-corrected chi connectivity index (χ4v) is 2.43. The zero-order valence-electron chi connectivity index (χ0n) is 14.1. The zero-order chi connectivity index (χ0) is 20.2. The number of halogens is 5. The van der Waals surface area contributed by atoms with Gasteiger partial charge in [-0.15, -0.1) is 13.2 Å². The molecule has 3 rings (SSSR count). The Hall–Kier alpha value is -2.62. The van der Waals surface area contributed by atoms with Crippen LogP contribution in [0.25, 0.3) is 5.65 Å². The van der Waals surface area contributed by atoms with Crippen LogP contribution in [0.3, 0.4) is 0 Å². The zero-order valence-corrected chi connectivity index (χ0v) is 15.7. The van der Waals surface area contributed by atoms with Crippen LogP contribution in [0, 0.1) is 5.82 Å². The largest absolute Gasteiger partial charge is 0.573 e. The monoisotopic (exact) mass is 447 g/mol. The van der Waals surface area contributed by atoms with E-state index in [0.717, 1.165) is 22.7 Å². The molecular formula is C17H14BrF4N3O2. The lowest BCUT2D eigenvalue weighted by atomic mass is 10.2. The molecule has 0 radical (unpaired) electrons. The van der Waals surface area contributed by atoms with E-state index >= 15 is 0 Å². The summed E-state index contributed by atoms with van der Waals surface area (Å²) in [6, 6.07) is 5.66. The average molecular weight is 448 g/mol. The van der Waals surface area contributed by atoms with E-state index in [1.54, 1.807) is 18.3 Å². The molecule has 27 heavy (non-hydrogen) atoms. The molecule has 0 unspecified atom stereocenters. The summed E-state index contributed by atoms with van der Waals surface area (Å²) in [7, 11) is 0. The maximum Gasteiger partial charge on any atom is 0.573 e. The smallest absolute Gasteiger partial charge is 0.406 e. The lowest BCUT2D eigenvalue weighted by Crippen LogP contribution is -2.18. The quantitative estimate of drug-likeness (QED) is 0.545. The predicted molar refractivity (Wildman–Crippen MR) is 95.3 cm³/mol. The van der Waals surface area contributed by atoms with Gasteiger partial charge in [-0.05, 0) is 24.3 Å². The number of carbonyl (C=O) groups is 1. The Labute approximate surface area is 160 Å². The molecule has 0 atom stereocenters. The van der Waals surface area contributed by atoms with Gasteiger partial charge in [0.15, 0.2) is 0 Å². The van der Waals surface area contributed by atoms with Crippen LogP contribution in [0.4, 0.5) is 23.2 Å². The van der Waals surface area contributed by atoms with Crippen LogP contribution < -0.4 is 10.1 Å². The van der Waals surface area contributed by atoms with Crippen LogP contribution in [-0.2, 0) is 0 Å². The molecule has 0 aliphatic carbocycles. The van der Waals surface area contributed by atoms with Gasteiger partial charge >= 0.3 is 6.36 Å². The predicted octanol–water partition coefficient (Wildman–Crippen LogP) is 5.41. The highest BCUT2D eigenvalue weighted by molar-refractivity contribution is 9.10. The van der Waals surface area contributed by atoms with Crippen LogP contribution in [0.15, 0.2) is 47.2 Å². The van der Waals surface area contributed by atoms with Crippen LogP contribution in [0.2, 0.25) is 0 Å². The fraction of sp³-hybridized carbons (Fsp3) is 0.176. The van der Waals surface area contributed by atoms with E-state index in [4.69, 9.17) is 0 Å². The van der Waals surface area contributed by atoms with Crippen LogP contribution in [-0.4, -0.2) is 21.7 Å². The molecule has 2 aromatic heterocycles. The minimum absolute atomic E-state index is 0.0871. The van der Waals surface area contributed by atoms with Gasteiger partial charge in [-0.25, -0.2) is 9.37 Å². The number of hydrogen-bond acceptors (Lipinski definition) is 3. The summed E-state index contributed by atoms with van der Waals surface area (Å²) >= 11 is 3.26. The van der Waals surface area contributed by atoms with Crippen molar-refractivity contribution < 1.29 is 27.1 Å². The van der Waals surface area contributed by atoms with Crippen LogP contribution >= 0.6 is 15.9 Å². The molecular weight excluding hydrogens is 434 g/mol. The number of anilines is 1. The maximum absolute atomic E-state index is 13.8. The molecule has 0 saturated heterocycles. The number of carbonyl (C=O) groups excluding carboxylic acids is 1. The maximum atomic E-state index is 13.8. The average Bonchev–Trinajstić information content (AvgIpc) is 3.01. The van der Waals surface area contributed by atoms with Gasteiger partial charge in [-0.3, -0.25) is 9.20 Å². The first kappa shape index (κ1) is 20.7. The molecule has 3 aromatic rings. The molecule has 0 spiro atoms. The topological polar surface area (TPSA) is 55.6 Å². The van der Waals surface area contributed by atoms with E-state index in [0.29, 0.717) is 5.65 Å². The summed E-state index contributed by atoms with van der Waals surface area (Å²) in [6.45, 7) is 4.00. The molecule has 2 heterocycles.